The molecule has 0 aromatic carbocycles. The zero-order valence-electron chi connectivity index (χ0n) is 10.9. The zero-order chi connectivity index (χ0) is 13.7. The van der Waals surface area contributed by atoms with E-state index in [4.69, 9.17) is 9.15 Å². The van der Waals surface area contributed by atoms with E-state index in [0.717, 1.165) is 0 Å². The Hall–Kier alpha value is -1.82. The standard InChI is InChI=1S/C13H18N2O4/c1-13(8-19-9-13)7-15-11(16)2-4-14-12(17)10-3-5-18-6-10/h3,5-6H,2,4,7-9H2,1H3,(H,14,17)(H,15,16). The number of carbonyl (C=O) groups excluding carboxylic acids is 2. The summed E-state index contributed by atoms with van der Waals surface area (Å²) in [5.74, 6) is -0.304. The molecule has 0 spiro atoms. The number of carbonyl (C=O) groups is 2. The Kier molecular flexibility index (Phi) is 4.21. The maximum Gasteiger partial charge on any atom is 0.254 e. The molecule has 0 bridgehead atoms. The van der Waals surface area contributed by atoms with Gasteiger partial charge in [-0.1, -0.05) is 6.92 Å². The Morgan fingerprint density at radius 3 is 2.74 bits per heavy atom. The molecule has 6 nitrogen and oxygen atoms in total. The van der Waals surface area contributed by atoms with Crippen LogP contribution in [0.3, 0.4) is 0 Å². The number of amides is 2. The van der Waals surface area contributed by atoms with Gasteiger partial charge in [-0.3, -0.25) is 9.59 Å². The lowest BCUT2D eigenvalue weighted by molar-refractivity contribution is -0.126. The van der Waals surface area contributed by atoms with Crippen LogP contribution in [0.25, 0.3) is 0 Å². The fraction of sp³-hybridized carbons (Fsp3) is 0.538. The van der Waals surface area contributed by atoms with Gasteiger partial charge in [0.15, 0.2) is 0 Å². The molecule has 2 rings (SSSR count). The van der Waals surface area contributed by atoms with Crippen molar-refractivity contribution in [2.45, 2.75) is 13.3 Å². The summed E-state index contributed by atoms with van der Waals surface area (Å²) in [7, 11) is 0. The quantitative estimate of drug-likeness (QED) is 0.788. The van der Waals surface area contributed by atoms with Crippen LogP contribution in [0.1, 0.15) is 23.7 Å². The molecular formula is C13H18N2O4. The third kappa shape index (κ3) is 3.82. The van der Waals surface area contributed by atoms with Crippen LogP contribution in [0.5, 0.6) is 0 Å². The lowest BCUT2D eigenvalue weighted by Gasteiger charge is -2.38. The smallest absolute Gasteiger partial charge is 0.254 e. The Morgan fingerprint density at radius 1 is 1.37 bits per heavy atom. The van der Waals surface area contributed by atoms with E-state index in [9.17, 15) is 9.59 Å². The average molecular weight is 266 g/mol. The number of hydrogen-bond donors (Lipinski definition) is 2. The summed E-state index contributed by atoms with van der Waals surface area (Å²) in [6, 6.07) is 1.58. The SMILES string of the molecule is CC1(CNC(=O)CCNC(=O)c2ccoc2)COC1. The van der Waals surface area contributed by atoms with Crippen LogP contribution in [0, 0.1) is 5.41 Å². The average Bonchev–Trinajstić information content (AvgIpc) is 2.87. The first-order chi connectivity index (χ1) is 9.09. The molecule has 6 heteroatoms. The molecule has 0 saturated carbocycles. The second kappa shape index (κ2) is 5.88. The van der Waals surface area contributed by atoms with E-state index in [1.165, 1.54) is 12.5 Å². The van der Waals surface area contributed by atoms with Gasteiger partial charge >= 0.3 is 0 Å². The highest BCUT2D eigenvalue weighted by molar-refractivity contribution is 5.93. The van der Waals surface area contributed by atoms with Crippen LogP contribution in [-0.2, 0) is 9.53 Å². The molecular weight excluding hydrogens is 248 g/mol. The molecule has 0 aliphatic carbocycles. The zero-order valence-corrected chi connectivity index (χ0v) is 10.9. The lowest BCUT2D eigenvalue weighted by atomic mass is 9.89. The first-order valence-corrected chi connectivity index (χ1v) is 6.24. The van der Waals surface area contributed by atoms with E-state index < -0.39 is 0 Å². The van der Waals surface area contributed by atoms with Gasteiger partial charge in [-0.05, 0) is 6.07 Å². The largest absolute Gasteiger partial charge is 0.472 e. The Bertz CT molecular complexity index is 438. The summed E-state index contributed by atoms with van der Waals surface area (Å²) in [6.07, 6.45) is 3.07. The van der Waals surface area contributed by atoms with Gasteiger partial charge in [0.25, 0.3) is 5.91 Å². The van der Waals surface area contributed by atoms with Crippen molar-refractivity contribution < 1.29 is 18.7 Å². The molecule has 1 aliphatic heterocycles. The van der Waals surface area contributed by atoms with E-state index >= 15 is 0 Å². The van der Waals surface area contributed by atoms with Gasteiger partial charge in [0.1, 0.15) is 6.26 Å². The Balaban J connectivity index is 1.60. The molecule has 19 heavy (non-hydrogen) atoms. The Morgan fingerprint density at radius 2 is 2.16 bits per heavy atom. The molecule has 1 saturated heterocycles. The van der Waals surface area contributed by atoms with Gasteiger partial charge in [-0.25, -0.2) is 0 Å². The molecule has 1 aliphatic rings. The summed E-state index contributed by atoms with van der Waals surface area (Å²) < 4.78 is 9.91. The van der Waals surface area contributed by atoms with Crippen molar-refractivity contribution in [1.29, 1.82) is 0 Å². The first kappa shape index (κ1) is 13.6. The fourth-order valence-electron chi connectivity index (χ4n) is 1.74. The normalized spacial score (nSPS) is 16.5. The van der Waals surface area contributed by atoms with Crippen LogP contribution in [0.2, 0.25) is 0 Å². The van der Waals surface area contributed by atoms with Gasteiger partial charge in [-0.2, -0.15) is 0 Å². The van der Waals surface area contributed by atoms with Crippen LogP contribution in [-0.4, -0.2) is 38.1 Å². The van der Waals surface area contributed by atoms with Crippen molar-refractivity contribution in [3.63, 3.8) is 0 Å². The number of furan rings is 1. The minimum atomic E-state index is -0.235. The summed E-state index contributed by atoms with van der Waals surface area (Å²) in [6.45, 7) is 4.36. The number of ether oxygens (including phenoxy) is 1. The van der Waals surface area contributed by atoms with E-state index in [1.807, 2.05) is 0 Å². The summed E-state index contributed by atoms with van der Waals surface area (Å²) >= 11 is 0. The van der Waals surface area contributed by atoms with Crippen LogP contribution < -0.4 is 10.6 Å². The van der Waals surface area contributed by atoms with Gasteiger partial charge < -0.3 is 19.8 Å². The van der Waals surface area contributed by atoms with E-state index in [0.29, 0.717) is 31.9 Å². The van der Waals surface area contributed by atoms with Crippen molar-refractivity contribution in [1.82, 2.24) is 10.6 Å². The highest BCUT2D eigenvalue weighted by Gasteiger charge is 2.33. The molecule has 1 aromatic rings. The molecule has 2 heterocycles. The van der Waals surface area contributed by atoms with Crippen LogP contribution in [0.4, 0.5) is 0 Å². The molecule has 2 amide bonds. The molecule has 2 N–H and O–H groups in total. The van der Waals surface area contributed by atoms with Gasteiger partial charge in [-0.15, -0.1) is 0 Å². The third-order valence-electron chi connectivity index (χ3n) is 3.03. The highest BCUT2D eigenvalue weighted by Crippen LogP contribution is 2.24. The summed E-state index contributed by atoms with van der Waals surface area (Å²) in [5.41, 5.74) is 0.523. The number of hydrogen-bond acceptors (Lipinski definition) is 4. The maximum atomic E-state index is 11.6. The highest BCUT2D eigenvalue weighted by atomic mass is 16.5. The van der Waals surface area contributed by atoms with E-state index in [2.05, 4.69) is 17.6 Å². The van der Waals surface area contributed by atoms with Crippen molar-refractivity contribution in [2.24, 2.45) is 5.41 Å². The Labute approximate surface area is 111 Å². The summed E-state index contributed by atoms with van der Waals surface area (Å²) in [5, 5.41) is 5.50. The van der Waals surface area contributed by atoms with Crippen molar-refractivity contribution in [3.05, 3.63) is 24.2 Å². The minimum Gasteiger partial charge on any atom is -0.472 e. The van der Waals surface area contributed by atoms with E-state index in [1.54, 1.807) is 6.07 Å². The van der Waals surface area contributed by atoms with Crippen molar-refractivity contribution in [2.75, 3.05) is 26.3 Å². The van der Waals surface area contributed by atoms with Crippen LogP contribution >= 0.6 is 0 Å². The predicted octanol–water partition coefficient (Wildman–Crippen LogP) is 0.552. The minimum absolute atomic E-state index is 0.0652. The second-order valence-electron chi connectivity index (χ2n) is 5.10. The number of nitrogens with one attached hydrogen (secondary N) is 2. The molecule has 1 fully saturated rings. The van der Waals surface area contributed by atoms with Gasteiger partial charge in [0.05, 0.1) is 25.0 Å². The lowest BCUT2D eigenvalue weighted by Crippen LogP contribution is -2.48. The molecule has 104 valence electrons. The topological polar surface area (TPSA) is 80.6 Å². The molecule has 0 atom stereocenters. The summed E-state index contributed by atoms with van der Waals surface area (Å²) in [4.78, 5) is 23.1. The van der Waals surface area contributed by atoms with Crippen LogP contribution in [0.15, 0.2) is 23.0 Å². The van der Waals surface area contributed by atoms with Crippen molar-refractivity contribution in [3.8, 4) is 0 Å². The molecule has 0 unspecified atom stereocenters. The van der Waals surface area contributed by atoms with Crippen molar-refractivity contribution >= 4 is 11.8 Å². The predicted molar refractivity (Wildman–Crippen MR) is 67.6 cm³/mol. The molecule has 0 radical (unpaired) electrons. The van der Waals surface area contributed by atoms with Gasteiger partial charge in [0.2, 0.25) is 5.91 Å². The fourth-order valence-corrected chi connectivity index (χ4v) is 1.74. The second-order valence-corrected chi connectivity index (χ2v) is 5.10. The molecule has 1 aromatic heterocycles. The third-order valence-corrected chi connectivity index (χ3v) is 3.03. The van der Waals surface area contributed by atoms with E-state index in [-0.39, 0.29) is 23.7 Å². The first-order valence-electron chi connectivity index (χ1n) is 6.24. The number of rotatable bonds is 6. The van der Waals surface area contributed by atoms with Gasteiger partial charge in [0, 0.05) is 24.9 Å². The maximum absolute atomic E-state index is 11.6. The monoisotopic (exact) mass is 266 g/mol.